The second-order valence-electron chi connectivity index (χ2n) is 11.6. The van der Waals surface area contributed by atoms with Crippen molar-refractivity contribution in [2.75, 3.05) is 32.7 Å². The first-order valence-electron chi connectivity index (χ1n) is 16.0. The molecule has 14 nitrogen and oxygen atoms in total. The highest BCUT2D eigenvalue weighted by Crippen LogP contribution is 2.30. The molecule has 1 aromatic carbocycles. The van der Waals surface area contributed by atoms with E-state index in [1.165, 1.54) is 4.90 Å². The van der Waals surface area contributed by atoms with E-state index in [9.17, 15) is 39.6 Å². The summed E-state index contributed by atoms with van der Waals surface area (Å²) in [4.78, 5) is 61.7. The van der Waals surface area contributed by atoms with Gasteiger partial charge in [0, 0.05) is 38.2 Å². The van der Waals surface area contributed by atoms with Gasteiger partial charge in [0.25, 0.3) is 0 Å². The van der Waals surface area contributed by atoms with Gasteiger partial charge in [-0.3, -0.25) is 19.4 Å². The van der Waals surface area contributed by atoms with Gasteiger partial charge in [0.2, 0.25) is 0 Å². The Morgan fingerprint density at radius 3 is 1.63 bits per heavy atom. The van der Waals surface area contributed by atoms with E-state index in [0.717, 1.165) is 40.9 Å². The second kappa shape index (κ2) is 18.7. The zero-order valence-electron chi connectivity index (χ0n) is 27.7. The van der Waals surface area contributed by atoms with Crippen molar-refractivity contribution in [3.63, 3.8) is 0 Å². The minimum absolute atomic E-state index is 0.0362. The fourth-order valence-electron chi connectivity index (χ4n) is 5.19. The van der Waals surface area contributed by atoms with Crippen molar-refractivity contribution in [3.8, 4) is 45.7 Å². The number of carboxylic acids is 4. The van der Waals surface area contributed by atoms with E-state index in [-0.39, 0.29) is 13.1 Å². The smallest absolute Gasteiger partial charge is 0.317 e. The largest absolute Gasteiger partial charge is 0.549 e. The second-order valence-corrected chi connectivity index (χ2v) is 11.6. The minimum Gasteiger partial charge on any atom is -0.549 e. The molecule has 0 fully saturated rings. The molecule has 14 heteroatoms. The molecule has 4 aromatic rings. The first kappa shape index (κ1) is 37.8. The Bertz CT molecular complexity index is 1790. The van der Waals surface area contributed by atoms with Gasteiger partial charge in [0.1, 0.15) is 0 Å². The van der Waals surface area contributed by atoms with E-state index in [2.05, 4.69) is 21.8 Å². The molecule has 0 saturated carbocycles. The van der Waals surface area contributed by atoms with Crippen molar-refractivity contribution in [1.29, 1.82) is 0 Å². The third-order valence-electron chi connectivity index (χ3n) is 7.36. The maximum Gasteiger partial charge on any atom is 0.317 e. The van der Waals surface area contributed by atoms with Gasteiger partial charge in [-0.2, -0.15) is 0 Å². The number of benzene rings is 1. The zero-order valence-corrected chi connectivity index (χ0v) is 27.7. The SMILES string of the molecule is NCCCCC#Cc1ccc(-c2cc(-c3cccc(CN(CC(=O)[O-])CC(=O)[O-])n3)nc(-c3cccc(CN(CC(=O)O)CC(=O)O)n3)c2)cc1. The lowest BCUT2D eigenvalue weighted by molar-refractivity contribution is -0.310. The summed E-state index contributed by atoms with van der Waals surface area (Å²) in [6.07, 6.45) is 2.59. The molecule has 0 amide bonds. The van der Waals surface area contributed by atoms with Crippen LogP contribution in [-0.2, 0) is 32.3 Å². The molecule has 0 atom stereocenters. The predicted octanol–water partition coefficient (Wildman–Crippen LogP) is 0.626. The number of rotatable bonds is 18. The van der Waals surface area contributed by atoms with Gasteiger partial charge in [0.05, 0.1) is 59.2 Å². The van der Waals surface area contributed by atoms with Crippen LogP contribution in [0.1, 0.15) is 36.2 Å². The summed E-state index contributed by atoms with van der Waals surface area (Å²) in [5.74, 6) is 1.08. The van der Waals surface area contributed by atoms with Crippen LogP contribution in [0.5, 0.6) is 0 Å². The van der Waals surface area contributed by atoms with Crippen molar-refractivity contribution < 1.29 is 39.6 Å². The fourth-order valence-corrected chi connectivity index (χ4v) is 5.19. The van der Waals surface area contributed by atoms with Crippen molar-refractivity contribution in [3.05, 3.63) is 89.7 Å². The predicted molar refractivity (Wildman–Crippen MR) is 182 cm³/mol. The molecule has 3 heterocycles. The number of nitrogens with zero attached hydrogens (tertiary/aromatic N) is 5. The summed E-state index contributed by atoms with van der Waals surface area (Å²) >= 11 is 0. The quantitative estimate of drug-likeness (QED) is 0.0961. The molecule has 51 heavy (non-hydrogen) atoms. The number of nitrogens with two attached hydrogens (primary N) is 1. The molecule has 264 valence electrons. The van der Waals surface area contributed by atoms with Gasteiger partial charge in [-0.15, -0.1) is 0 Å². The number of pyridine rings is 3. The van der Waals surface area contributed by atoms with Crippen LogP contribution in [0.25, 0.3) is 33.9 Å². The number of aliphatic carboxylic acids is 4. The van der Waals surface area contributed by atoms with Gasteiger partial charge in [-0.05, 0) is 79.0 Å². The molecular formula is C37H36N6O8-2. The maximum atomic E-state index is 11.4. The average molecular weight is 693 g/mol. The Balaban J connectivity index is 1.74. The van der Waals surface area contributed by atoms with Crippen molar-refractivity contribution in [1.82, 2.24) is 24.8 Å². The molecule has 4 rings (SSSR count). The molecular weight excluding hydrogens is 656 g/mol. The van der Waals surface area contributed by atoms with E-state index in [4.69, 9.17) is 10.7 Å². The number of carbonyl (C=O) groups excluding carboxylic acids is 2. The van der Waals surface area contributed by atoms with Gasteiger partial charge < -0.3 is 35.7 Å². The average Bonchev–Trinajstić information content (AvgIpc) is 3.07. The molecule has 0 aliphatic rings. The number of hydrogen-bond donors (Lipinski definition) is 3. The molecule has 4 N–H and O–H groups in total. The standard InChI is InChI=1S/C37H38N6O8/c38-16-4-2-1-3-7-25-12-14-26(15-13-25)27-17-32(30-10-5-8-28(39-30)19-42(21-34(44)45)22-35(46)47)41-33(18-27)31-11-6-9-29(40-31)20-43(23-36(48)49)24-37(50)51/h5-6,8-15,17-18H,1-2,4,16,19-24,38H2,(H,44,45)(H,46,47)(H,48,49)(H,50,51)/p-2. The Labute approximate surface area is 294 Å². The number of unbranched alkanes of at least 4 members (excludes halogenated alkanes) is 2. The Hall–Kier alpha value is -6.01. The summed E-state index contributed by atoms with van der Waals surface area (Å²) < 4.78 is 0. The molecule has 3 aromatic heterocycles. The first-order chi connectivity index (χ1) is 24.5. The molecule has 0 unspecified atom stereocenters. The van der Waals surface area contributed by atoms with E-state index in [1.807, 2.05) is 36.4 Å². The monoisotopic (exact) mass is 692 g/mol. The highest BCUT2D eigenvalue weighted by Gasteiger charge is 2.17. The summed E-state index contributed by atoms with van der Waals surface area (Å²) in [6.45, 7) is -1.77. The number of hydrogen-bond acceptors (Lipinski definition) is 12. The number of aromatic nitrogens is 3. The maximum absolute atomic E-state index is 11.4. The third kappa shape index (κ3) is 12.4. The van der Waals surface area contributed by atoms with Crippen LogP contribution in [0.4, 0.5) is 0 Å². The van der Waals surface area contributed by atoms with Crippen molar-refractivity contribution in [2.45, 2.75) is 32.4 Å². The molecule has 0 saturated heterocycles. The Morgan fingerprint density at radius 2 is 1.16 bits per heavy atom. The number of carbonyl (C=O) groups is 4. The van der Waals surface area contributed by atoms with Gasteiger partial charge >= 0.3 is 11.9 Å². The minimum atomic E-state index is -1.45. The topological polar surface area (TPSA) is 226 Å². The van der Waals surface area contributed by atoms with Gasteiger partial charge in [-0.1, -0.05) is 36.1 Å². The molecule has 0 spiro atoms. The number of carboxylic acid groups (broad SMARTS) is 4. The summed E-state index contributed by atoms with van der Waals surface area (Å²) in [7, 11) is 0. The van der Waals surface area contributed by atoms with Crippen LogP contribution in [0.15, 0.2) is 72.8 Å². The van der Waals surface area contributed by atoms with E-state index < -0.39 is 50.1 Å². The molecule has 0 aliphatic carbocycles. The first-order valence-corrected chi connectivity index (χ1v) is 16.0. The van der Waals surface area contributed by atoms with E-state index in [0.29, 0.717) is 40.7 Å². The summed E-state index contributed by atoms with van der Waals surface area (Å²) in [5.41, 5.74) is 10.5. The van der Waals surface area contributed by atoms with E-state index >= 15 is 0 Å². The lowest BCUT2D eigenvalue weighted by Gasteiger charge is -2.22. The Kier molecular flexibility index (Phi) is 13.8. The Morgan fingerprint density at radius 1 is 0.647 bits per heavy atom. The van der Waals surface area contributed by atoms with Crippen molar-refractivity contribution >= 4 is 23.9 Å². The van der Waals surface area contributed by atoms with Crippen LogP contribution in [-0.4, -0.2) is 91.6 Å². The molecule has 0 aliphatic heterocycles. The normalized spacial score (nSPS) is 10.9. The van der Waals surface area contributed by atoms with Crippen LogP contribution in [0, 0.1) is 11.8 Å². The summed E-state index contributed by atoms with van der Waals surface area (Å²) in [6, 6.07) is 21.5. The zero-order chi connectivity index (χ0) is 36.8. The summed E-state index contributed by atoms with van der Waals surface area (Å²) in [5, 5.41) is 41.0. The third-order valence-corrected chi connectivity index (χ3v) is 7.36. The lowest BCUT2D eigenvalue weighted by Crippen LogP contribution is -2.43. The van der Waals surface area contributed by atoms with Gasteiger partial charge in [0.15, 0.2) is 0 Å². The van der Waals surface area contributed by atoms with Crippen LogP contribution < -0.4 is 15.9 Å². The van der Waals surface area contributed by atoms with Gasteiger partial charge in [-0.25, -0.2) is 15.0 Å². The lowest BCUT2D eigenvalue weighted by atomic mass is 10.0. The van der Waals surface area contributed by atoms with E-state index in [1.54, 1.807) is 36.4 Å². The van der Waals surface area contributed by atoms with Crippen LogP contribution in [0.3, 0.4) is 0 Å². The van der Waals surface area contributed by atoms with Crippen LogP contribution >= 0.6 is 0 Å². The molecule has 0 bridgehead atoms. The van der Waals surface area contributed by atoms with Crippen molar-refractivity contribution in [2.24, 2.45) is 5.73 Å². The fraction of sp³-hybridized carbons (Fsp3) is 0.270. The highest BCUT2D eigenvalue weighted by atomic mass is 16.4. The molecule has 0 radical (unpaired) electrons. The van der Waals surface area contributed by atoms with Crippen LogP contribution in [0.2, 0.25) is 0 Å². The highest BCUT2D eigenvalue weighted by molar-refractivity contribution is 5.75.